The van der Waals surface area contributed by atoms with E-state index in [4.69, 9.17) is 0 Å². The summed E-state index contributed by atoms with van der Waals surface area (Å²) in [6.07, 6.45) is 1.07. The van der Waals surface area contributed by atoms with Gasteiger partial charge < -0.3 is 5.32 Å². The molecule has 0 saturated carbocycles. The molecule has 0 aliphatic heterocycles. The second-order valence-corrected chi connectivity index (χ2v) is 6.40. The lowest BCUT2D eigenvalue weighted by Gasteiger charge is -2.11. The van der Waals surface area contributed by atoms with Crippen molar-refractivity contribution in [1.29, 1.82) is 0 Å². The average molecular weight is 354 g/mol. The van der Waals surface area contributed by atoms with E-state index < -0.39 is 0 Å². The number of hydrogen-bond acceptors (Lipinski definition) is 2. The summed E-state index contributed by atoms with van der Waals surface area (Å²) < 4.78 is 14.5. The minimum Gasteiger partial charge on any atom is -0.313 e. The van der Waals surface area contributed by atoms with Crippen LogP contribution in [0.4, 0.5) is 4.39 Å². The molecule has 2 aromatic carbocycles. The van der Waals surface area contributed by atoms with Crippen LogP contribution >= 0.6 is 27.7 Å². The van der Waals surface area contributed by atoms with Gasteiger partial charge in [0, 0.05) is 20.8 Å². The Balaban J connectivity index is 2.20. The summed E-state index contributed by atoms with van der Waals surface area (Å²) in [6.45, 7) is 3.75. The number of halogens is 2. The molecule has 0 aromatic heterocycles. The van der Waals surface area contributed by atoms with Gasteiger partial charge in [-0.1, -0.05) is 30.8 Å². The number of hydrogen-bond donors (Lipinski definition) is 1. The molecule has 1 N–H and O–H groups in total. The maximum absolute atomic E-state index is 13.4. The third-order valence-electron chi connectivity index (χ3n) is 2.82. The van der Waals surface area contributed by atoms with Gasteiger partial charge in [0.2, 0.25) is 0 Å². The zero-order chi connectivity index (χ0) is 14.4. The summed E-state index contributed by atoms with van der Waals surface area (Å²) in [5, 5.41) is 3.33. The van der Waals surface area contributed by atoms with Crippen LogP contribution < -0.4 is 5.32 Å². The van der Waals surface area contributed by atoms with Crippen molar-refractivity contribution in [3.05, 3.63) is 58.3 Å². The van der Waals surface area contributed by atoms with Crippen LogP contribution in [-0.2, 0) is 6.54 Å². The van der Waals surface area contributed by atoms with E-state index in [1.807, 2.05) is 24.3 Å². The molecule has 2 rings (SSSR count). The molecule has 0 atom stereocenters. The molecule has 4 heteroatoms. The van der Waals surface area contributed by atoms with E-state index in [2.05, 4.69) is 34.2 Å². The smallest absolute Gasteiger partial charge is 0.123 e. The van der Waals surface area contributed by atoms with Crippen LogP contribution in [-0.4, -0.2) is 6.54 Å². The van der Waals surface area contributed by atoms with E-state index in [-0.39, 0.29) is 5.82 Å². The molecule has 0 unspecified atom stereocenters. The Hall–Kier alpha value is -0.840. The Morgan fingerprint density at radius 2 is 1.95 bits per heavy atom. The molecule has 0 saturated heterocycles. The second-order valence-electron chi connectivity index (χ2n) is 4.46. The van der Waals surface area contributed by atoms with E-state index in [0.29, 0.717) is 6.54 Å². The van der Waals surface area contributed by atoms with Crippen LogP contribution in [0, 0.1) is 5.82 Å². The number of rotatable bonds is 6. The summed E-state index contributed by atoms with van der Waals surface area (Å²) in [7, 11) is 0. The van der Waals surface area contributed by atoms with Gasteiger partial charge in [0.05, 0.1) is 0 Å². The maximum Gasteiger partial charge on any atom is 0.123 e. The first-order chi connectivity index (χ1) is 9.70. The second kappa shape index (κ2) is 7.81. The Labute approximate surface area is 132 Å². The number of benzene rings is 2. The molecular weight excluding hydrogens is 337 g/mol. The van der Waals surface area contributed by atoms with Gasteiger partial charge in [-0.3, -0.25) is 0 Å². The summed E-state index contributed by atoms with van der Waals surface area (Å²) in [5.41, 5.74) is 0.999. The van der Waals surface area contributed by atoms with E-state index >= 15 is 0 Å². The first-order valence-corrected chi connectivity index (χ1v) is 8.23. The van der Waals surface area contributed by atoms with Gasteiger partial charge in [-0.05, 0) is 64.8 Å². The first kappa shape index (κ1) is 15.5. The monoisotopic (exact) mass is 353 g/mol. The first-order valence-electron chi connectivity index (χ1n) is 6.62. The van der Waals surface area contributed by atoms with Gasteiger partial charge in [-0.15, -0.1) is 0 Å². The van der Waals surface area contributed by atoms with Crippen molar-refractivity contribution in [2.45, 2.75) is 29.7 Å². The molecular formula is C16H17BrFNS. The van der Waals surface area contributed by atoms with Gasteiger partial charge in [-0.2, -0.15) is 0 Å². The topological polar surface area (TPSA) is 12.0 Å². The van der Waals surface area contributed by atoms with Crippen LogP contribution in [0.2, 0.25) is 0 Å². The Morgan fingerprint density at radius 3 is 2.70 bits per heavy atom. The van der Waals surface area contributed by atoms with E-state index in [1.54, 1.807) is 17.8 Å². The third kappa shape index (κ3) is 4.33. The highest BCUT2D eigenvalue weighted by molar-refractivity contribution is 9.10. The van der Waals surface area contributed by atoms with E-state index in [0.717, 1.165) is 32.8 Å². The molecule has 0 bridgehead atoms. The fraction of sp³-hybridized carbons (Fsp3) is 0.250. The van der Waals surface area contributed by atoms with Crippen LogP contribution in [0.15, 0.2) is 56.7 Å². The molecule has 0 heterocycles. The van der Waals surface area contributed by atoms with Gasteiger partial charge in [0.15, 0.2) is 0 Å². The molecule has 106 valence electrons. The number of nitrogens with one attached hydrogen (secondary N) is 1. The lowest BCUT2D eigenvalue weighted by atomic mass is 10.2. The molecule has 1 nitrogen and oxygen atoms in total. The predicted octanol–water partition coefficient (Wildman–Crippen LogP) is 5.24. The minimum atomic E-state index is -0.185. The molecule has 0 amide bonds. The van der Waals surface area contributed by atoms with Gasteiger partial charge >= 0.3 is 0 Å². The molecule has 0 aliphatic carbocycles. The lowest BCUT2D eigenvalue weighted by molar-refractivity contribution is 0.615. The minimum absolute atomic E-state index is 0.185. The quantitative estimate of drug-likeness (QED) is 0.712. The lowest BCUT2D eigenvalue weighted by Crippen LogP contribution is -2.14. The zero-order valence-electron chi connectivity index (χ0n) is 11.3. The van der Waals surface area contributed by atoms with E-state index in [1.165, 1.54) is 6.07 Å². The maximum atomic E-state index is 13.4. The van der Waals surface area contributed by atoms with Crippen molar-refractivity contribution < 1.29 is 4.39 Å². The third-order valence-corrected chi connectivity index (χ3v) is 4.97. The van der Waals surface area contributed by atoms with Crippen molar-refractivity contribution in [1.82, 2.24) is 5.32 Å². The average Bonchev–Trinajstić information content (AvgIpc) is 2.44. The van der Waals surface area contributed by atoms with Gasteiger partial charge in [0.1, 0.15) is 5.82 Å². The fourth-order valence-electron chi connectivity index (χ4n) is 1.83. The van der Waals surface area contributed by atoms with Crippen LogP contribution in [0.25, 0.3) is 0 Å². The van der Waals surface area contributed by atoms with Crippen LogP contribution in [0.3, 0.4) is 0 Å². The van der Waals surface area contributed by atoms with Crippen molar-refractivity contribution in [2.75, 3.05) is 6.54 Å². The summed E-state index contributed by atoms with van der Waals surface area (Å²) >= 11 is 5.20. The zero-order valence-corrected chi connectivity index (χ0v) is 13.7. The molecule has 0 radical (unpaired) electrons. The normalized spacial score (nSPS) is 10.8. The molecule has 20 heavy (non-hydrogen) atoms. The standard InChI is InChI=1S/C16H17BrFNS/c1-2-9-19-11-12-10-13(18)7-8-15(12)20-16-6-4-3-5-14(16)17/h3-8,10,19H,2,9,11H2,1H3. The molecule has 0 spiro atoms. The predicted molar refractivity (Wildman–Crippen MR) is 86.7 cm³/mol. The Morgan fingerprint density at radius 1 is 1.15 bits per heavy atom. The van der Waals surface area contributed by atoms with Crippen LogP contribution in [0.1, 0.15) is 18.9 Å². The van der Waals surface area contributed by atoms with Crippen molar-refractivity contribution in [3.8, 4) is 0 Å². The van der Waals surface area contributed by atoms with Crippen molar-refractivity contribution in [2.24, 2.45) is 0 Å². The summed E-state index contributed by atoms with van der Waals surface area (Å²) in [6, 6.07) is 13.0. The van der Waals surface area contributed by atoms with E-state index in [9.17, 15) is 4.39 Å². The Bertz CT molecular complexity index is 574. The van der Waals surface area contributed by atoms with Gasteiger partial charge in [0.25, 0.3) is 0 Å². The van der Waals surface area contributed by atoms with Crippen molar-refractivity contribution in [3.63, 3.8) is 0 Å². The SMILES string of the molecule is CCCNCc1cc(F)ccc1Sc1ccccc1Br. The fourth-order valence-corrected chi connectivity index (χ4v) is 3.31. The summed E-state index contributed by atoms with van der Waals surface area (Å²) in [5.74, 6) is -0.185. The highest BCUT2D eigenvalue weighted by Gasteiger charge is 2.08. The molecule has 2 aromatic rings. The summed E-state index contributed by atoms with van der Waals surface area (Å²) in [4.78, 5) is 2.22. The molecule has 0 fully saturated rings. The van der Waals surface area contributed by atoms with Crippen molar-refractivity contribution >= 4 is 27.7 Å². The largest absolute Gasteiger partial charge is 0.313 e. The van der Waals surface area contributed by atoms with Gasteiger partial charge in [-0.25, -0.2) is 4.39 Å². The highest BCUT2D eigenvalue weighted by atomic mass is 79.9. The highest BCUT2D eigenvalue weighted by Crippen LogP contribution is 2.35. The molecule has 0 aliphatic rings. The van der Waals surface area contributed by atoms with Crippen LogP contribution in [0.5, 0.6) is 0 Å². The Kier molecular flexibility index (Phi) is 6.07.